The number of anilines is 3. The Balaban J connectivity index is 1.16. The van der Waals surface area contributed by atoms with E-state index in [9.17, 15) is 10.2 Å². The molecule has 2 unspecified atom stereocenters. The summed E-state index contributed by atoms with van der Waals surface area (Å²) in [4.78, 5) is 1.97. The minimum atomic E-state index is -0.499. The number of hydrogen-bond donors (Lipinski definition) is 4. The van der Waals surface area contributed by atoms with Crippen LogP contribution < -0.4 is 20.5 Å². The highest BCUT2D eigenvalue weighted by atomic mass is 33.1. The van der Waals surface area contributed by atoms with E-state index in [2.05, 4.69) is 56.6 Å². The molecule has 0 aliphatic rings. The molecule has 3 aromatic carbocycles. The fourth-order valence-corrected chi connectivity index (χ4v) is 7.76. The number of benzene rings is 3. The molecule has 4 aromatic rings. The van der Waals surface area contributed by atoms with Crippen molar-refractivity contribution in [2.75, 3.05) is 47.1 Å². The lowest BCUT2D eigenvalue weighted by molar-refractivity contribution is -0.671. The summed E-state index contributed by atoms with van der Waals surface area (Å²) in [6, 6.07) is 26.3. The Hall–Kier alpha value is -3.57. The molecule has 1 heterocycles. The smallest absolute Gasteiger partial charge is 0.214 e. The molecule has 0 saturated heterocycles. The van der Waals surface area contributed by atoms with Gasteiger partial charge in [-0.1, -0.05) is 58.0 Å². The van der Waals surface area contributed by atoms with Gasteiger partial charge in [0.05, 0.1) is 34.7 Å². The van der Waals surface area contributed by atoms with Gasteiger partial charge in [0, 0.05) is 66.6 Å². The molecule has 0 aliphatic heterocycles. The van der Waals surface area contributed by atoms with E-state index in [0.717, 1.165) is 77.5 Å². The van der Waals surface area contributed by atoms with Gasteiger partial charge in [-0.25, -0.2) is 0 Å². The van der Waals surface area contributed by atoms with Crippen molar-refractivity contribution >= 4 is 60.9 Å². The summed E-state index contributed by atoms with van der Waals surface area (Å²) in [6.45, 7) is 8.28. The molecule has 0 aliphatic carbocycles. The molecule has 4 rings (SSSR count). The number of nitrogens with one attached hydrogen (secondary N) is 1. The maximum absolute atomic E-state index is 9.87. The fourth-order valence-electron chi connectivity index (χ4n) is 5.47. The lowest BCUT2D eigenvalue weighted by Gasteiger charge is -2.27. The largest absolute Gasteiger partial charge is 0.398 e. The Labute approximate surface area is 294 Å². The molecule has 256 valence electrons. The van der Waals surface area contributed by atoms with Crippen LogP contribution in [0.3, 0.4) is 0 Å². The zero-order valence-electron chi connectivity index (χ0n) is 28.5. The Morgan fingerprint density at radius 2 is 1.54 bits per heavy atom. The number of nitrogens with zero attached hydrogens (tertiary/aromatic N) is 4. The second-order valence-electron chi connectivity index (χ2n) is 12.0. The number of azo groups is 1. The predicted octanol–water partition coefficient (Wildman–Crippen LogP) is 8.48. The van der Waals surface area contributed by atoms with Gasteiger partial charge in [0.2, 0.25) is 5.52 Å². The molecule has 2 atom stereocenters. The highest BCUT2D eigenvalue weighted by Crippen LogP contribution is 2.28. The number of fused-ring (bicyclic) bond motifs is 1. The van der Waals surface area contributed by atoms with Crippen molar-refractivity contribution in [3.05, 3.63) is 96.7 Å². The van der Waals surface area contributed by atoms with E-state index in [1.54, 1.807) is 13.8 Å². The summed E-state index contributed by atoms with van der Waals surface area (Å²) in [7, 11) is 3.96. The third-order valence-electron chi connectivity index (χ3n) is 7.82. The average Bonchev–Trinajstić information content (AvgIpc) is 3.08. The van der Waals surface area contributed by atoms with Crippen LogP contribution >= 0.6 is 21.6 Å². The number of aromatic nitrogens is 1. The number of rotatable bonds is 20. The number of aliphatic hydroxyl groups excluding tert-OH is 2. The minimum Gasteiger partial charge on any atom is -0.398 e. The Kier molecular flexibility index (Phi) is 15.6. The van der Waals surface area contributed by atoms with Crippen LogP contribution in [0.2, 0.25) is 0 Å². The quantitative estimate of drug-likeness (QED) is 0.0319. The summed E-state index contributed by atoms with van der Waals surface area (Å²) in [5, 5.41) is 33.6. The van der Waals surface area contributed by atoms with Gasteiger partial charge in [-0.2, -0.15) is 14.8 Å². The van der Waals surface area contributed by atoms with Gasteiger partial charge in [0.15, 0.2) is 6.20 Å². The van der Waals surface area contributed by atoms with Crippen molar-refractivity contribution in [3.63, 3.8) is 0 Å². The summed E-state index contributed by atoms with van der Waals surface area (Å²) >= 11 is 0. The van der Waals surface area contributed by atoms with Gasteiger partial charge < -0.3 is 26.2 Å². The lowest BCUT2D eigenvalue weighted by Crippen LogP contribution is -2.36. The third-order valence-corrected chi connectivity index (χ3v) is 10.4. The van der Waals surface area contributed by atoms with Crippen molar-refractivity contribution in [3.8, 4) is 0 Å². The van der Waals surface area contributed by atoms with Crippen molar-refractivity contribution in [1.82, 2.24) is 0 Å². The number of allylic oxidation sites excluding steroid dienone is 1. The summed E-state index contributed by atoms with van der Waals surface area (Å²) in [6.07, 6.45) is 7.71. The molecule has 0 spiro atoms. The van der Waals surface area contributed by atoms with Gasteiger partial charge in [-0.05, 0) is 76.4 Å². The standard InChI is InChI=1S/C38H50N6O2S2/c1-4-36(42-41-31-17-19-32(20-18-31)44(27-29(2)45)28-30(3)46)34-14-5-7-15-37(34)40-22-9-11-25-47-48-26-12-10-23-43-24-21-35(39)33-13-6-8-16-38(33)43/h4-8,13-21,24,29-30,39-40,45-46H,9-12,22-23,25-28H2,1-3H3/p+1/b36-4+,42-41?. The zero-order chi connectivity index (χ0) is 34.1. The number of aryl methyl sites for hydroxylation is 1. The Morgan fingerprint density at radius 1 is 0.875 bits per heavy atom. The van der Waals surface area contributed by atoms with E-state index in [0.29, 0.717) is 13.1 Å². The molecule has 1 aromatic heterocycles. The first-order chi connectivity index (χ1) is 23.4. The van der Waals surface area contributed by atoms with E-state index in [-0.39, 0.29) is 0 Å². The third kappa shape index (κ3) is 11.8. The first-order valence-electron chi connectivity index (χ1n) is 16.9. The molecule has 0 bridgehead atoms. The van der Waals surface area contributed by atoms with Crippen molar-refractivity contribution in [1.29, 1.82) is 0 Å². The molecular weight excluding hydrogens is 637 g/mol. The van der Waals surface area contributed by atoms with Crippen LogP contribution in [0.25, 0.3) is 16.6 Å². The van der Waals surface area contributed by atoms with Gasteiger partial charge >= 0.3 is 0 Å². The van der Waals surface area contributed by atoms with Crippen LogP contribution in [-0.2, 0) is 6.54 Å². The molecule has 5 N–H and O–H groups in total. The molecule has 10 heteroatoms. The highest BCUT2D eigenvalue weighted by Gasteiger charge is 2.13. The first kappa shape index (κ1) is 37.3. The summed E-state index contributed by atoms with van der Waals surface area (Å²) < 4.78 is 2.31. The fraction of sp³-hybridized carbons (Fsp3) is 0.395. The van der Waals surface area contributed by atoms with E-state index < -0.39 is 12.2 Å². The van der Waals surface area contributed by atoms with Crippen molar-refractivity contribution in [2.45, 2.75) is 65.2 Å². The number of nitrogens with two attached hydrogens (primary N) is 1. The molecule has 48 heavy (non-hydrogen) atoms. The summed E-state index contributed by atoms with van der Waals surface area (Å²) in [5.41, 5.74) is 12.7. The molecule has 0 radical (unpaired) electrons. The van der Waals surface area contributed by atoms with Crippen LogP contribution in [0, 0.1) is 0 Å². The normalized spacial score (nSPS) is 13.2. The second kappa shape index (κ2) is 20.1. The number of pyridine rings is 1. The van der Waals surface area contributed by atoms with Gasteiger partial charge in [0.1, 0.15) is 6.54 Å². The second-order valence-corrected chi connectivity index (χ2v) is 14.7. The highest BCUT2D eigenvalue weighted by molar-refractivity contribution is 8.76. The molecular formula is C38H51N6O2S2+. The van der Waals surface area contributed by atoms with Crippen LogP contribution in [-0.4, -0.2) is 53.6 Å². The molecule has 0 saturated carbocycles. The van der Waals surface area contributed by atoms with Crippen LogP contribution in [0.15, 0.2) is 101 Å². The average molecular weight is 688 g/mol. The monoisotopic (exact) mass is 687 g/mol. The topological polar surface area (TPSA) is 110 Å². The number of nitrogen functional groups attached to an aromatic ring is 1. The van der Waals surface area contributed by atoms with Crippen molar-refractivity contribution in [2.24, 2.45) is 10.2 Å². The summed E-state index contributed by atoms with van der Waals surface area (Å²) in [5.74, 6) is 2.31. The van der Waals surface area contributed by atoms with E-state index in [1.807, 2.05) is 88.0 Å². The van der Waals surface area contributed by atoms with Gasteiger partial charge in [-0.15, -0.1) is 0 Å². The number of aliphatic hydroxyl groups is 2. The van der Waals surface area contributed by atoms with E-state index >= 15 is 0 Å². The van der Waals surface area contributed by atoms with E-state index in [4.69, 9.17) is 5.73 Å². The van der Waals surface area contributed by atoms with E-state index in [1.165, 1.54) is 17.7 Å². The number of unbranched alkanes of at least 4 members (excludes halogenated alkanes) is 2. The minimum absolute atomic E-state index is 0.445. The van der Waals surface area contributed by atoms with Gasteiger partial charge in [-0.3, -0.25) is 0 Å². The molecule has 0 fully saturated rings. The van der Waals surface area contributed by atoms with Crippen molar-refractivity contribution < 1.29 is 14.8 Å². The van der Waals surface area contributed by atoms with Gasteiger partial charge in [0.25, 0.3) is 0 Å². The number of hydrogen-bond acceptors (Lipinski definition) is 9. The number of para-hydroxylation sites is 2. The Bertz CT molecular complexity index is 1600. The Morgan fingerprint density at radius 3 is 2.25 bits per heavy atom. The molecule has 0 amide bonds. The van der Waals surface area contributed by atoms with Crippen LogP contribution in [0.4, 0.5) is 22.7 Å². The zero-order valence-corrected chi connectivity index (χ0v) is 30.1. The SMILES string of the molecule is C/C=C(/N=Nc1ccc(N(CC(C)O)CC(C)O)cc1)c1ccccc1NCCCCSSCCCC[n+]1ccc(N)c2ccccc21. The predicted molar refractivity (Wildman–Crippen MR) is 207 cm³/mol. The first-order valence-corrected chi connectivity index (χ1v) is 19.4. The lowest BCUT2D eigenvalue weighted by atomic mass is 10.1. The van der Waals surface area contributed by atoms with Crippen LogP contribution in [0.1, 0.15) is 52.0 Å². The maximum atomic E-state index is 9.87. The van der Waals surface area contributed by atoms with Crippen LogP contribution in [0.5, 0.6) is 0 Å². The maximum Gasteiger partial charge on any atom is 0.214 e. The molecule has 8 nitrogen and oxygen atoms in total.